The first-order valence-corrected chi connectivity index (χ1v) is 9.00. The molecular formula is C23H21NO3. The number of fused-ring (bicyclic) bond motifs is 3. The van der Waals surface area contributed by atoms with E-state index in [1.54, 1.807) is 7.11 Å². The van der Waals surface area contributed by atoms with Crippen LogP contribution in [-0.2, 0) is 6.42 Å². The Bertz CT molecular complexity index is 1130. The van der Waals surface area contributed by atoms with Gasteiger partial charge in [0, 0.05) is 22.9 Å². The van der Waals surface area contributed by atoms with E-state index >= 15 is 0 Å². The van der Waals surface area contributed by atoms with E-state index in [2.05, 4.69) is 11.4 Å². The summed E-state index contributed by atoms with van der Waals surface area (Å²) < 4.78 is 11.3. The van der Waals surface area contributed by atoms with Crippen molar-refractivity contribution < 1.29 is 13.9 Å². The molecule has 1 N–H and O–H groups in total. The number of methoxy groups -OCH3 is 1. The largest absolute Gasteiger partial charge is 0.496 e. The van der Waals surface area contributed by atoms with Crippen molar-refractivity contribution >= 4 is 27.6 Å². The molecule has 1 heterocycles. The van der Waals surface area contributed by atoms with E-state index < -0.39 is 0 Å². The predicted molar refractivity (Wildman–Crippen MR) is 107 cm³/mol. The molecule has 4 nitrogen and oxygen atoms in total. The summed E-state index contributed by atoms with van der Waals surface area (Å²) in [5, 5.41) is 6.05. The first-order valence-electron chi connectivity index (χ1n) is 9.00. The molecule has 136 valence electrons. The summed E-state index contributed by atoms with van der Waals surface area (Å²) in [6.45, 7) is 2.44. The van der Waals surface area contributed by atoms with Crippen LogP contribution < -0.4 is 10.1 Å². The molecule has 1 aromatic heterocycles. The first-order chi connectivity index (χ1) is 13.2. The molecule has 0 atom stereocenters. The van der Waals surface area contributed by atoms with E-state index in [0.717, 1.165) is 38.6 Å². The summed E-state index contributed by atoms with van der Waals surface area (Å²) >= 11 is 0. The number of amides is 1. The number of ether oxygens (including phenoxy) is 1. The molecule has 27 heavy (non-hydrogen) atoms. The van der Waals surface area contributed by atoms with Gasteiger partial charge in [0.25, 0.3) is 5.91 Å². The third-order valence-corrected chi connectivity index (χ3v) is 4.91. The fourth-order valence-corrected chi connectivity index (χ4v) is 3.47. The van der Waals surface area contributed by atoms with Gasteiger partial charge in [0.05, 0.1) is 7.11 Å². The lowest BCUT2D eigenvalue weighted by molar-refractivity contribution is 0.0928. The van der Waals surface area contributed by atoms with Crippen LogP contribution in [0.4, 0.5) is 0 Å². The highest BCUT2D eigenvalue weighted by Gasteiger charge is 2.18. The fourth-order valence-electron chi connectivity index (χ4n) is 3.47. The van der Waals surface area contributed by atoms with Crippen molar-refractivity contribution in [3.05, 3.63) is 77.6 Å². The van der Waals surface area contributed by atoms with E-state index in [9.17, 15) is 4.79 Å². The molecule has 3 aromatic carbocycles. The maximum Gasteiger partial charge on any atom is 0.287 e. The van der Waals surface area contributed by atoms with Gasteiger partial charge in [-0.2, -0.15) is 0 Å². The van der Waals surface area contributed by atoms with Crippen LogP contribution in [0.1, 0.15) is 21.7 Å². The number of benzene rings is 3. The number of aryl methyl sites for hydroxylation is 1. The van der Waals surface area contributed by atoms with Gasteiger partial charge >= 0.3 is 0 Å². The summed E-state index contributed by atoms with van der Waals surface area (Å²) in [5.41, 5.74) is 2.69. The van der Waals surface area contributed by atoms with Gasteiger partial charge in [-0.25, -0.2) is 0 Å². The van der Waals surface area contributed by atoms with E-state index in [1.165, 1.54) is 0 Å². The SMILES string of the molecule is COc1ccccc1CCNC(=O)c1oc2c(ccc3ccccc32)c1C. The minimum absolute atomic E-state index is 0.192. The first kappa shape index (κ1) is 17.2. The molecule has 0 saturated heterocycles. The number of furan rings is 1. The summed E-state index contributed by atoms with van der Waals surface area (Å²) in [6, 6.07) is 19.9. The van der Waals surface area contributed by atoms with Crippen molar-refractivity contribution in [3.8, 4) is 5.75 Å². The van der Waals surface area contributed by atoms with Gasteiger partial charge in [-0.15, -0.1) is 0 Å². The summed E-state index contributed by atoms with van der Waals surface area (Å²) in [5.74, 6) is 1.02. The topological polar surface area (TPSA) is 51.5 Å². The average molecular weight is 359 g/mol. The lowest BCUT2D eigenvalue weighted by atomic mass is 10.1. The second-order valence-electron chi connectivity index (χ2n) is 6.54. The monoisotopic (exact) mass is 359 g/mol. The van der Waals surface area contributed by atoms with Crippen LogP contribution in [0.15, 0.2) is 65.1 Å². The van der Waals surface area contributed by atoms with Gasteiger partial charge in [0.2, 0.25) is 0 Å². The zero-order valence-corrected chi connectivity index (χ0v) is 15.4. The number of carbonyl (C=O) groups excluding carboxylic acids is 1. The van der Waals surface area contributed by atoms with Crippen LogP contribution in [-0.4, -0.2) is 19.6 Å². The number of hydrogen-bond donors (Lipinski definition) is 1. The predicted octanol–water partition coefficient (Wildman–Crippen LogP) is 4.88. The zero-order chi connectivity index (χ0) is 18.8. The van der Waals surface area contributed by atoms with Crippen LogP contribution >= 0.6 is 0 Å². The van der Waals surface area contributed by atoms with Crippen molar-refractivity contribution in [1.29, 1.82) is 0 Å². The molecule has 0 saturated carbocycles. The van der Waals surface area contributed by atoms with Gasteiger partial charge in [-0.1, -0.05) is 54.6 Å². The van der Waals surface area contributed by atoms with Crippen molar-refractivity contribution in [2.24, 2.45) is 0 Å². The van der Waals surface area contributed by atoms with Crippen molar-refractivity contribution in [2.45, 2.75) is 13.3 Å². The zero-order valence-electron chi connectivity index (χ0n) is 15.4. The van der Waals surface area contributed by atoms with Crippen molar-refractivity contribution in [3.63, 3.8) is 0 Å². The van der Waals surface area contributed by atoms with Crippen LogP contribution in [0.5, 0.6) is 5.75 Å². The van der Waals surface area contributed by atoms with E-state index in [1.807, 2.05) is 61.5 Å². The Hall–Kier alpha value is -3.27. The normalized spacial score (nSPS) is 11.0. The Morgan fingerprint density at radius 3 is 2.63 bits per heavy atom. The molecule has 0 radical (unpaired) electrons. The summed E-state index contributed by atoms with van der Waals surface area (Å²) in [4.78, 5) is 12.7. The molecule has 4 heteroatoms. The fraction of sp³-hybridized carbons (Fsp3) is 0.174. The molecule has 0 fully saturated rings. The molecule has 4 aromatic rings. The minimum atomic E-state index is -0.192. The molecule has 0 aliphatic rings. The van der Waals surface area contributed by atoms with Crippen LogP contribution in [0.25, 0.3) is 21.7 Å². The number of hydrogen-bond acceptors (Lipinski definition) is 3. The van der Waals surface area contributed by atoms with Crippen LogP contribution in [0, 0.1) is 6.92 Å². The van der Waals surface area contributed by atoms with Gasteiger partial charge in [-0.05, 0) is 30.4 Å². The van der Waals surface area contributed by atoms with Crippen molar-refractivity contribution in [1.82, 2.24) is 5.32 Å². The summed E-state index contributed by atoms with van der Waals surface area (Å²) in [6.07, 6.45) is 0.692. The van der Waals surface area contributed by atoms with Gasteiger partial charge in [-0.3, -0.25) is 4.79 Å². The number of para-hydroxylation sites is 1. The van der Waals surface area contributed by atoms with Gasteiger partial charge < -0.3 is 14.5 Å². The molecule has 0 bridgehead atoms. The maximum atomic E-state index is 12.7. The smallest absolute Gasteiger partial charge is 0.287 e. The standard InChI is InChI=1S/C23H21NO3/c1-15-18-12-11-16-7-3-5-9-19(16)22(18)27-21(15)23(25)24-14-13-17-8-4-6-10-20(17)26-2/h3-12H,13-14H2,1-2H3,(H,24,25). The molecular weight excluding hydrogens is 338 g/mol. The van der Waals surface area contributed by atoms with E-state index in [0.29, 0.717) is 18.7 Å². The molecule has 1 amide bonds. The molecule has 0 unspecified atom stereocenters. The van der Waals surface area contributed by atoms with Gasteiger partial charge in [0.15, 0.2) is 5.76 Å². The number of nitrogens with one attached hydrogen (secondary N) is 1. The minimum Gasteiger partial charge on any atom is -0.496 e. The number of carbonyl (C=O) groups is 1. The van der Waals surface area contributed by atoms with Gasteiger partial charge in [0.1, 0.15) is 11.3 Å². The number of rotatable bonds is 5. The molecule has 0 aliphatic heterocycles. The third-order valence-electron chi connectivity index (χ3n) is 4.91. The highest BCUT2D eigenvalue weighted by molar-refractivity contribution is 6.08. The third kappa shape index (κ3) is 3.14. The summed E-state index contributed by atoms with van der Waals surface area (Å²) in [7, 11) is 1.65. The lowest BCUT2D eigenvalue weighted by Gasteiger charge is -2.08. The van der Waals surface area contributed by atoms with Crippen molar-refractivity contribution in [2.75, 3.05) is 13.7 Å². The Morgan fingerprint density at radius 2 is 1.78 bits per heavy atom. The van der Waals surface area contributed by atoms with Crippen LogP contribution in [0.3, 0.4) is 0 Å². The Balaban J connectivity index is 1.56. The van der Waals surface area contributed by atoms with E-state index in [-0.39, 0.29) is 5.91 Å². The lowest BCUT2D eigenvalue weighted by Crippen LogP contribution is -2.25. The highest BCUT2D eigenvalue weighted by Crippen LogP contribution is 2.31. The Kier molecular flexibility index (Phi) is 4.55. The molecule has 0 aliphatic carbocycles. The second-order valence-corrected chi connectivity index (χ2v) is 6.54. The Labute approximate surface area is 157 Å². The molecule has 4 rings (SSSR count). The molecule has 0 spiro atoms. The maximum absolute atomic E-state index is 12.7. The van der Waals surface area contributed by atoms with Crippen LogP contribution in [0.2, 0.25) is 0 Å². The average Bonchev–Trinajstić information content (AvgIpc) is 3.05. The quantitative estimate of drug-likeness (QED) is 0.553. The second kappa shape index (κ2) is 7.16. The Morgan fingerprint density at radius 1 is 1.00 bits per heavy atom. The highest BCUT2D eigenvalue weighted by atomic mass is 16.5. The van der Waals surface area contributed by atoms with E-state index in [4.69, 9.17) is 9.15 Å².